The molecule has 47 heavy (non-hydrogen) atoms. The second-order valence-corrected chi connectivity index (χ2v) is 14.4. The Balaban J connectivity index is 1.65. The van der Waals surface area contributed by atoms with Crippen LogP contribution in [0.2, 0.25) is 0 Å². The van der Waals surface area contributed by atoms with Gasteiger partial charge in [0.2, 0.25) is 16.9 Å². The Labute approximate surface area is 285 Å². The van der Waals surface area contributed by atoms with Gasteiger partial charge in [0.25, 0.3) is 0 Å². The van der Waals surface area contributed by atoms with Crippen molar-refractivity contribution in [1.82, 2.24) is 10.6 Å². The topological polar surface area (TPSA) is 136 Å². The molecular formula is C34H39FN2O7S3. The van der Waals surface area contributed by atoms with Crippen LogP contribution in [0.5, 0.6) is 0 Å². The van der Waals surface area contributed by atoms with Crippen molar-refractivity contribution in [3.05, 3.63) is 70.5 Å². The molecule has 2 amide bonds. The maximum absolute atomic E-state index is 14.3. The zero-order chi connectivity index (χ0) is 34.7. The number of nitrogens with one attached hydrogen (secondary N) is 2. The summed E-state index contributed by atoms with van der Waals surface area (Å²) in [5, 5.41) is 4.66. The van der Waals surface area contributed by atoms with Crippen LogP contribution in [0.1, 0.15) is 63.6 Å². The predicted octanol–water partition coefficient (Wildman–Crippen LogP) is 5.15. The number of esters is 1. The number of rotatable bonds is 15. The molecule has 0 saturated carbocycles. The lowest BCUT2D eigenvalue weighted by atomic mass is 10.0. The maximum atomic E-state index is 14.3. The minimum Gasteiger partial charge on any atom is -0.464 e. The largest absolute Gasteiger partial charge is 0.464 e. The van der Waals surface area contributed by atoms with Gasteiger partial charge in [0.15, 0.2) is 5.12 Å². The van der Waals surface area contributed by atoms with Crippen LogP contribution in [0.4, 0.5) is 4.39 Å². The highest BCUT2D eigenvalue weighted by molar-refractivity contribution is 8.14. The van der Waals surface area contributed by atoms with Gasteiger partial charge < -0.3 is 15.4 Å². The number of halogens is 1. The van der Waals surface area contributed by atoms with E-state index in [1.807, 2.05) is 25.1 Å². The quantitative estimate of drug-likeness (QED) is 0.242. The second-order valence-electron chi connectivity index (χ2n) is 10.8. The number of benzene rings is 2. The van der Waals surface area contributed by atoms with Crippen LogP contribution in [-0.2, 0) is 39.5 Å². The first-order chi connectivity index (χ1) is 22.3. The molecule has 0 aliphatic heterocycles. The van der Waals surface area contributed by atoms with Crippen LogP contribution in [0.15, 0.2) is 52.9 Å². The maximum Gasteiger partial charge on any atom is 0.328 e. The summed E-state index contributed by atoms with van der Waals surface area (Å²) in [5.41, 5.74) is 4.79. The lowest BCUT2D eigenvalue weighted by molar-refractivity contribution is -0.147. The number of fused-ring (bicyclic) bond motifs is 1. The molecule has 1 aliphatic carbocycles. The number of ether oxygens (including phenoxy) is 1. The molecule has 0 spiro atoms. The zero-order valence-corrected chi connectivity index (χ0v) is 29.4. The van der Waals surface area contributed by atoms with Gasteiger partial charge in [0, 0.05) is 53.7 Å². The average molecular weight is 703 g/mol. The predicted molar refractivity (Wildman–Crippen MR) is 186 cm³/mol. The molecule has 0 heterocycles. The molecular weight excluding hydrogens is 664 g/mol. The molecule has 3 rings (SSSR count). The van der Waals surface area contributed by atoms with Crippen LogP contribution >= 0.6 is 23.5 Å². The van der Waals surface area contributed by atoms with Crippen LogP contribution in [0, 0.1) is 5.82 Å². The Hall–Kier alpha value is -3.55. The summed E-state index contributed by atoms with van der Waals surface area (Å²) >= 11 is 1.96. The third-order valence-electron chi connectivity index (χ3n) is 7.23. The SMILES string of the molecule is CCOC(=O)C(CCSC(=O)C(CCSC(=O)CC1=C(C)C(=Cc2ccc(S(C)=O)cc2)c2ccc(F)cc21)NC(C)=O)NC(C)=O. The monoisotopic (exact) mass is 702 g/mol. The zero-order valence-electron chi connectivity index (χ0n) is 27.0. The number of carbonyl (C=O) groups excluding carboxylic acids is 5. The van der Waals surface area contributed by atoms with Crippen LogP contribution in [-0.4, -0.2) is 68.7 Å². The molecule has 0 fully saturated rings. The molecule has 3 atom stereocenters. The Bertz CT molecular complexity index is 1610. The molecule has 0 radical (unpaired) electrons. The second kappa shape index (κ2) is 18.1. The lowest BCUT2D eigenvalue weighted by Gasteiger charge is -2.18. The number of allylic oxidation sites excluding steroid dienone is 3. The van der Waals surface area contributed by atoms with Gasteiger partial charge in [-0.05, 0) is 90.4 Å². The van der Waals surface area contributed by atoms with Gasteiger partial charge in [-0.15, -0.1) is 0 Å². The number of hydrogen-bond donors (Lipinski definition) is 2. The van der Waals surface area contributed by atoms with Crippen molar-refractivity contribution in [1.29, 1.82) is 0 Å². The van der Waals surface area contributed by atoms with E-state index >= 15 is 0 Å². The Morgan fingerprint density at radius 2 is 1.53 bits per heavy atom. The minimum absolute atomic E-state index is 0.0456. The van der Waals surface area contributed by atoms with E-state index in [4.69, 9.17) is 4.74 Å². The van der Waals surface area contributed by atoms with Gasteiger partial charge in [-0.25, -0.2) is 9.18 Å². The molecule has 252 valence electrons. The molecule has 2 aromatic carbocycles. The summed E-state index contributed by atoms with van der Waals surface area (Å²) in [6.07, 6.45) is 3.98. The van der Waals surface area contributed by atoms with Crippen LogP contribution < -0.4 is 10.6 Å². The van der Waals surface area contributed by atoms with E-state index in [-0.39, 0.29) is 47.6 Å². The molecule has 0 aromatic heterocycles. The highest BCUT2D eigenvalue weighted by Gasteiger charge is 2.27. The van der Waals surface area contributed by atoms with Gasteiger partial charge in [-0.3, -0.25) is 23.4 Å². The van der Waals surface area contributed by atoms with E-state index in [2.05, 4.69) is 10.6 Å². The van der Waals surface area contributed by atoms with Crippen molar-refractivity contribution in [2.24, 2.45) is 0 Å². The minimum atomic E-state index is -1.10. The van der Waals surface area contributed by atoms with Crippen molar-refractivity contribution >= 4 is 79.6 Å². The van der Waals surface area contributed by atoms with Gasteiger partial charge in [0.05, 0.1) is 12.6 Å². The molecule has 9 nitrogen and oxygen atoms in total. The first kappa shape index (κ1) is 37.9. The number of carbonyl (C=O) groups is 5. The van der Waals surface area contributed by atoms with Gasteiger partial charge in [-0.2, -0.15) is 0 Å². The highest BCUT2D eigenvalue weighted by atomic mass is 32.2. The molecule has 1 aliphatic rings. The van der Waals surface area contributed by atoms with Gasteiger partial charge >= 0.3 is 5.97 Å². The first-order valence-corrected chi connectivity index (χ1v) is 18.5. The van der Waals surface area contributed by atoms with Crippen LogP contribution in [0.25, 0.3) is 17.2 Å². The Kier molecular flexibility index (Phi) is 14.6. The molecule has 3 unspecified atom stereocenters. The molecule has 2 aromatic rings. The third-order valence-corrected chi connectivity index (χ3v) is 10.1. The number of amides is 2. The van der Waals surface area contributed by atoms with E-state index in [1.165, 1.54) is 26.0 Å². The Morgan fingerprint density at radius 3 is 2.15 bits per heavy atom. The normalized spacial score (nSPS) is 15.1. The smallest absolute Gasteiger partial charge is 0.328 e. The molecule has 2 N–H and O–H groups in total. The highest BCUT2D eigenvalue weighted by Crippen LogP contribution is 2.44. The van der Waals surface area contributed by atoms with E-state index in [1.54, 1.807) is 31.4 Å². The van der Waals surface area contributed by atoms with Crippen molar-refractivity contribution < 1.29 is 37.3 Å². The molecule has 0 bridgehead atoms. The summed E-state index contributed by atoms with van der Waals surface area (Å²) < 4.78 is 31.1. The summed E-state index contributed by atoms with van der Waals surface area (Å²) in [4.78, 5) is 62.3. The average Bonchev–Trinajstić information content (AvgIpc) is 3.25. The molecule has 13 heteroatoms. The third kappa shape index (κ3) is 11.3. The fourth-order valence-corrected chi connectivity index (χ4v) is 7.28. The van der Waals surface area contributed by atoms with Crippen molar-refractivity contribution in [2.75, 3.05) is 24.4 Å². The van der Waals surface area contributed by atoms with Gasteiger partial charge in [-0.1, -0.05) is 41.7 Å². The van der Waals surface area contributed by atoms with E-state index < -0.39 is 46.5 Å². The van der Waals surface area contributed by atoms with Crippen molar-refractivity contribution in [3.63, 3.8) is 0 Å². The number of thioether (sulfide) groups is 2. The lowest BCUT2D eigenvalue weighted by Crippen LogP contribution is -2.42. The van der Waals surface area contributed by atoms with Crippen molar-refractivity contribution in [3.8, 4) is 0 Å². The van der Waals surface area contributed by atoms with E-state index in [0.29, 0.717) is 10.5 Å². The summed E-state index contributed by atoms with van der Waals surface area (Å²) in [6.45, 7) is 6.28. The van der Waals surface area contributed by atoms with E-state index in [9.17, 15) is 32.6 Å². The fourth-order valence-electron chi connectivity index (χ4n) is 5.00. The summed E-state index contributed by atoms with van der Waals surface area (Å²) in [6, 6.07) is 10.1. The Morgan fingerprint density at radius 1 is 0.915 bits per heavy atom. The fraction of sp³-hybridized carbons (Fsp3) is 0.382. The number of hydrogen-bond acceptors (Lipinski definition) is 9. The summed E-state index contributed by atoms with van der Waals surface area (Å²) in [5.74, 6) is -1.34. The van der Waals surface area contributed by atoms with Gasteiger partial charge in [0.1, 0.15) is 11.9 Å². The van der Waals surface area contributed by atoms with Crippen LogP contribution in [0.3, 0.4) is 0 Å². The molecule has 0 saturated heterocycles. The summed E-state index contributed by atoms with van der Waals surface area (Å²) in [7, 11) is -1.10. The standard InChI is InChI=1S/C34H39FN2O7S3/c1-6-44-33(41)30(36-21(3)38)13-16-46-34(42)31(37-22(4)39)14-15-45-32(40)19-28-20(2)27(26-12-9-24(35)18-29(26)28)17-23-7-10-25(11-8-23)47(5)43/h7-12,17-18,30-31H,6,13-16,19H2,1-5H3,(H,36,38)(H,37,39). The van der Waals surface area contributed by atoms with E-state index in [0.717, 1.165) is 51.4 Å². The first-order valence-electron chi connectivity index (χ1n) is 15.0. The van der Waals surface area contributed by atoms with Crippen molar-refractivity contribution in [2.45, 2.75) is 63.9 Å².